The number of hydrogen-bond donors (Lipinski definition) is 0. The summed E-state index contributed by atoms with van der Waals surface area (Å²) >= 11 is 21.5. The van der Waals surface area contributed by atoms with Gasteiger partial charge in [-0.15, -0.1) is 0 Å². The first kappa shape index (κ1) is 52.7. The lowest BCUT2D eigenvalue weighted by Gasteiger charge is -2.39. The molecule has 0 radical (unpaired) electrons. The Kier molecular flexibility index (Phi) is 24.5. The molecule has 0 N–H and O–H groups in total. The molecule has 4 aromatic carbocycles. The number of halogens is 5. The van der Waals surface area contributed by atoms with Crippen molar-refractivity contribution in [2.45, 2.75) is 112 Å². The Balaban J connectivity index is 1.80. The summed E-state index contributed by atoms with van der Waals surface area (Å²) < 4.78 is 0. The van der Waals surface area contributed by atoms with E-state index in [0.717, 1.165) is 26.7 Å². The number of thioether (sulfide) groups is 1. The molecule has 0 bridgehead atoms. The van der Waals surface area contributed by atoms with Crippen LogP contribution in [0, 0.1) is 0 Å². The monoisotopic (exact) mass is 1220 g/mol. The molecule has 0 saturated heterocycles. The highest BCUT2D eigenvalue weighted by atomic mass is 79.9. The summed E-state index contributed by atoms with van der Waals surface area (Å²) in [5.74, 6) is 1.30. The lowest BCUT2D eigenvalue weighted by Crippen LogP contribution is -2.40. The van der Waals surface area contributed by atoms with Crippen molar-refractivity contribution in [2.75, 3.05) is 38.7 Å². The summed E-state index contributed by atoms with van der Waals surface area (Å²) in [5, 5.41) is 9.06. The van der Waals surface area contributed by atoms with Gasteiger partial charge in [0.05, 0.1) is 16.1 Å². The number of alkyl halides is 5. The van der Waals surface area contributed by atoms with Crippen LogP contribution in [0.3, 0.4) is 0 Å². The van der Waals surface area contributed by atoms with Crippen molar-refractivity contribution < 1.29 is 0 Å². The molecule has 9 heteroatoms. The molecular formula is C53H71Br5SSi3. The molecular weight excluding hydrogens is 1150 g/mol. The second-order valence-electron chi connectivity index (χ2n) is 17.8. The van der Waals surface area contributed by atoms with Crippen molar-refractivity contribution in [3.8, 4) is 0 Å². The van der Waals surface area contributed by atoms with E-state index in [2.05, 4.69) is 207 Å². The van der Waals surface area contributed by atoms with E-state index in [-0.39, 0.29) is 0 Å². The smallest absolute Gasteiger partial charge is 0.121 e. The fourth-order valence-electron chi connectivity index (χ4n) is 11.1. The molecule has 0 amide bonds. The maximum atomic E-state index is 3.90. The highest BCUT2D eigenvalue weighted by Crippen LogP contribution is 2.59. The number of allylic oxidation sites excluding steroid dienone is 2. The molecule has 0 atom stereocenters. The van der Waals surface area contributed by atoms with Crippen LogP contribution in [0.1, 0.15) is 73.6 Å². The Morgan fingerprint density at radius 1 is 0.371 bits per heavy atom. The topological polar surface area (TPSA) is 0 Å². The van der Waals surface area contributed by atoms with Crippen LogP contribution in [0.15, 0.2) is 121 Å². The molecule has 5 rings (SSSR count). The van der Waals surface area contributed by atoms with E-state index in [1.54, 1.807) is 10.4 Å². The summed E-state index contributed by atoms with van der Waals surface area (Å²) in [6, 6.07) is 61.1. The van der Waals surface area contributed by atoms with Crippen molar-refractivity contribution in [3.63, 3.8) is 0 Å². The number of hydrogen-bond acceptors (Lipinski definition) is 1. The van der Waals surface area contributed by atoms with Crippen LogP contribution in [-0.4, -0.2) is 62.9 Å². The minimum absolute atomic E-state index is 1.12. The van der Waals surface area contributed by atoms with E-state index in [4.69, 9.17) is 0 Å². The normalized spacial score (nSPS) is 14.3. The maximum Gasteiger partial charge on any atom is 0.121 e. The fourth-order valence-corrected chi connectivity index (χ4v) is 32.9. The molecule has 0 saturated carbocycles. The largest absolute Gasteiger partial charge is 0.165 e. The van der Waals surface area contributed by atoms with Gasteiger partial charge in [0.15, 0.2) is 0 Å². The first-order valence-corrected chi connectivity index (χ1v) is 38.5. The first-order chi connectivity index (χ1) is 30.5. The second kappa shape index (κ2) is 28.8. The minimum atomic E-state index is -2.51. The van der Waals surface area contributed by atoms with Crippen LogP contribution >= 0.6 is 91.4 Å². The molecule has 0 spiro atoms. The van der Waals surface area contributed by atoms with Crippen molar-refractivity contribution in [2.24, 2.45) is 0 Å². The number of rotatable bonds is 31. The van der Waals surface area contributed by atoms with E-state index < -0.39 is 24.2 Å². The van der Waals surface area contributed by atoms with Crippen LogP contribution in [0.2, 0.25) is 60.4 Å². The average Bonchev–Trinajstić information content (AvgIpc) is 3.62. The van der Waals surface area contributed by atoms with Crippen LogP contribution in [0.4, 0.5) is 0 Å². The molecule has 1 heterocycles. The average molecular weight is 1220 g/mol. The van der Waals surface area contributed by atoms with E-state index in [9.17, 15) is 0 Å². The van der Waals surface area contributed by atoms with E-state index in [0.29, 0.717) is 0 Å². The van der Waals surface area contributed by atoms with E-state index in [1.165, 1.54) is 151 Å². The van der Waals surface area contributed by atoms with Crippen molar-refractivity contribution >= 4 is 137 Å². The van der Waals surface area contributed by atoms with Gasteiger partial charge in [0.25, 0.3) is 0 Å². The molecule has 0 fully saturated rings. The zero-order valence-electron chi connectivity index (χ0n) is 37.3. The minimum Gasteiger partial charge on any atom is -0.165 e. The maximum absolute atomic E-state index is 3.90. The van der Waals surface area contributed by atoms with Crippen molar-refractivity contribution in [1.82, 2.24) is 0 Å². The van der Waals surface area contributed by atoms with Crippen molar-refractivity contribution in [3.05, 3.63) is 144 Å². The molecule has 1 aliphatic heterocycles. The van der Waals surface area contributed by atoms with Gasteiger partial charge in [-0.2, -0.15) is 11.8 Å². The summed E-state index contributed by atoms with van der Waals surface area (Å²) in [7, 11) is -5.59. The Hall–Kier alpha value is -0.239. The predicted molar refractivity (Wildman–Crippen MR) is 309 cm³/mol. The molecule has 0 aromatic heterocycles. The lowest BCUT2D eigenvalue weighted by molar-refractivity contribution is 0.874. The lowest BCUT2D eigenvalue weighted by atomic mass is 9.89. The zero-order chi connectivity index (χ0) is 43.9. The van der Waals surface area contributed by atoms with E-state index >= 15 is 0 Å². The van der Waals surface area contributed by atoms with Gasteiger partial charge in [-0.05, 0) is 106 Å². The van der Waals surface area contributed by atoms with Crippen molar-refractivity contribution in [1.29, 1.82) is 0 Å². The molecule has 62 heavy (non-hydrogen) atoms. The summed E-state index contributed by atoms with van der Waals surface area (Å²) in [4.78, 5) is 0. The summed E-state index contributed by atoms with van der Waals surface area (Å²) in [5.41, 5.74) is 8.69. The first-order valence-electron chi connectivity index (χ1n) is 23.5. The Labute approximate surface area is 426 Å². The SMILES string of the molecule is CSCCC[Si](CCCBr)(CCCBr)CCC[Si]1(CCC[Si](CCCBr)(CCCBr)CCCBr)C(c2ccccc2)=C(c2ccccc2)C(c2ccccc2)=C1c1ccccc1. The third-order valence-electron chi connectivity index (χ3n) is 13.8. The second-order valence-corrected chi connectivity index (χ2v) is 36.9. The zero-order valence-corrected chi connectivity index (χ0v) is 49.1. The van der Waals surface area contributed by atoms with Crippen LogP contribution in [0.5, 0.6) is 0 Å². The Morgan fingerprint density at radius 2 is 0.645 bits per heavy atom. The van der Waals surface area contributed by atoms with Gasteiger partial charge in [0.1, 0.15) is 8.07 Å². The number of benzene rings is 4. The molecule has 0 nitrogen and oxygen atoms in total. The summed E-state index contributed by atoms with van der Waals surface area (Å²) in [6.45, 7) is 0. The van der Waals surface area contributed by atoms with Gasteiger partial charge >= 0.3 is 0 Å². The van der Waals surface area contributed by atoms with Gasteiger partial charge in [-0.25, -0.2) is 0 Å². The van der Waals surface area contributed by atoms with Gasteiger partial charge in [0, 0.05) is 26.7 Å². The molecule has 336 valence electrons. The Bertz CT molecular complexity index is 1780. The van der Waals surface area contributed by atoms with Gasteiger partial charge in [-0.3, -0.25) is 0 Å². The fraction of sp³-hybridized carbons (Fsp3) is 0.472. The molecule has 0 aliphatic carbocycles. The standard InChI is InChI=1S/C53H71Br5SSi3/c1-59-35-19-41-61(39-17-33-57,40-18-34-58)43-21-45-62(44-20-42-60(36-14-30-54,37-15-31-55)38-16-32-56)52(48-26-10-4-11-27-48)50(46-22-6-2-7-23-46)51(47-24-8-3-9-25-47)53(62)49-28-12-5-13-29-49/h2-13,22-29H,14-21,30-45H2,1H3. The van der Waals surface area contributed by atoms with Gasteiger partial charge in [-0.1, -0.05) is 262 Å². The summed E-state index contributed by atoms with van der Waals surface area (Å²) in [6.07, 6.45) is 12.9. The predicted octanol–water partition coefficient (Wildman–Crippen LogP) is 19.1. The quantitative estimate of drug-likeness (QED) is 0.0275. The Morgan fingerprint density at radius 3 is 0.935 bits per heavy atom. The molecule has 4 aromatic rings. The van der Waals surface area contributed by atoms with E-state index in [1.807, 2.05) is 11.8 Å². The third-order valence-corrected chi connectivity index (χ3v) is 34.1. The highest BCUT2D eigenvalue weighted by molar-refractivity contribution is 9.09. The van der Waals surface area contributed by atoms with Gasteiger partial charge in [0.2, 0.25) is 0 Å². The highest BCUT2D eigenvalue weighted by Gasteiger charge is 2.50. The third kappa shape index (κ3) is 14.6. The van der Waals surface area contributed by atoms with Gasteiger partial charge < -0.3 is 0 Å². The van der Waals surface area contributed by atoms with Crippen LogP contribution < -0.4 is 0 Å². The molecule has 1 aliphatic rings. The van der Waals surface area contributed by atoms with Crippen LogP contribution in [-0.2, 0) is 0 Å². The van der Waals surface area contributed by atoms with Crippen LogP contribution in [0.25, 0.3) is 21.5 Å². The molecule has 0 unspecified atom stereocenters.